The van der Waals surface area contributed by atoms with Gasteiger partial charge in [-0.05, 0) is 78.2 Å². The van der Waals surface area contributed by atoms with Crippen LogP contribution in [0.3, 0.4) is 0 Å². The average molecular weight is 475 g/mol. The Hall–Kier alpha value is -3.48. The maximum atomic E-state index is 6.45. The highest BCUT2D eigenvalue weighted by atomic mass is 35.5. The Kier molecular flexibility index (Phi) is 5.48. The van der Waals surface area contributed by atoms with E-state index in [9.17, 15) is 0 Å². The highest BCUT2D eigenvalue weighted by molar-refractivity contribution is 6.31. The highest BCUT2D eigenvalue weighted by Gasteiger charge is 2.25. The van der Waals surface area contributed by atoms with Gasteiger partial charge < -0.3 is 0 Å². The van der Waals surface area contributed by atoms with E-state index < -0.39 is 0 Å². The molecule has 8 heteroatoms. The van der Waals surface area contributed by atoms with Crippen molar-refractivity contribution in [3.8, 4) is 39.9 Å². The van der Waals surface area contributed by atoms with Crippen LogP contribution >= 0.6 is 23.2 Å². The SMILES string of the molecule is Cc1ccc(-c2nc(-c3nnn[nH]3)c(-c3cccc(Cl)c3)n2-c2cc(Cl)ccc2C)cc1C. The lowest BCUT2D eigenvalue weighted by Crippen LogP contribution is -2.03. The van der Waals surface area contributed by atoms with Crippen molar-refractivity contribution in [3.05, 3.63) is 87.4 Å². The molecular weight excluding hydrogens is 455 g/mol. The smallest absolute Gasteiger partial charge is 0.200 e. The minimum atomic E-state index is 0.466. The average Bonchev–Trinajstić information content (AvgIpc) is 3.45. The number of aromatic amines is 1. The van der Waals surface area contributed by atoms with Gasteiger partial charge in [0.25, 0.3) is 0 Å². The Bertz CT molecular complexity index is 1470. The van der Waals surface area contributed by atoms with E-state index in [4.69, 9.17) is 28.2 Å². The van der Waals surface area contributed by atoms with E-state index in [0.29, 0.717) is 21.6 Å². The molecule has 33 heavy (non-hydrogen) atoms. The highest BCUT2D eigenvalue weighted by Crippen LogP contribution is 2.39. The van der Waals surface area contributed by atoms with Crippen molar-refractivity contribution in [1.29, 1.82) is 0 Å². The molecule has 0 unspecified atom stereocenters. The molecule has 0 amide bonds. The van der Waals surface area contributed by atoms with Crippen molar-refractivity contribution < 1.29 is 0 Å². The minimum Gasteiger partial charge on any atom is -0.291 e. The summed E-state index contributed by atoms with van der Waals surface area (Å²) >= 11 is 12.8. The third kappa shape index (κ3) is 3.92. The molecule has 0 aliphatic rings. The summed E-state index contributed by atoms with van der Waals surface area (Å²) in [5.74, 6) is 1.22. The Morgan fingerprint density at radius 1 is 0.788 bits per heavy atom. The molecule has 0 saturated carbocycles. The third-order valence-corrected chi connectivity index (χ3v) is 6.19. The standard InChI is InChI=1S/C25H20Cl2N6/c1-14-7-9-18(11-16(14)3)25-28-22(24-29-31-32-30-24)23(17-5-4-6-19(26)12-17)33(25)21-13-20(27)10-8-15(21)2/h4-13H,1-3H3,(H,29,30,31,32). The van der Waals surface area contributed by atoms with Crippen LogP contribution < -0.4 is 0 Å². The molecule has 3 aromatic carbocycles. The summed E-state index contributed by atoms with van der Waals surface area (Å²) in [4.78, 5) is 5.05. The third-order valence-electron chi connectivity index (χ3n) is 5.72. The largest absolute Gasteiger partial charge is 0.291 e. The van der Waals surface area contributed by atoms with Gasteiger partial charge >= 0.3 is 0 Å². The van der Waals surface area contributed by atoms with E-state index in [1.165, 1.54) is 11.1 Å². The lowest BCUT2D eigenvalue weighted by molar-refractivity contribution is 0.881. The molecule has 0 bridgehead atoms. The number of rotatable bonds is 4. The van der Waals surface area contributed by atoms with Gasteiger partial charge in [-0.3, -0.25) is 4.57 Å². The molecule has 1 N–H and O–H groups in total. The second-order valence-electron chi connectivity index (χ2n) is 7.96. The molecule has 0 atom stereocenters. The first-order valence-electron chi connectivity index (χ1n) is 10.4. The normalized spacial score (nSPS) is 11.2. The van der Waals surface area contributed by atoms with Gasteiger partial charge in [-0.2, -0.15) is 0 Å². The van der Waals surface area contributed by atoms with Crippen LogP contribution in [0.15, 0.2) is 60.7 Å². The molecule has 2 aromatic heterocycles. The summed E-state index contributed by atoms with van der Waals surface area (Å²) in [7, 11) is 0. The Labute approximate surface area is 201 Å². The van der Waals surface area contributed by atoms with E-state index in [-0.39, 0.29) is 0 Å². The van der Waals surface area contributed by atoms with Crippen LogP contribution in [-0.4, -0.2) is 30.2 Å². The maximum absolute atomic E-state index is 6.45. The summed E-state index contributed by atoms with van der Waals surface area (Å²) in [6, 6.07) is 19.8. The van der Waals surface area contributed by atoms with E-state index in [1.54, 1.807) is 0 Å². The molecular formula is C25H20Cl2N6. The molecule has 0 radical (unpaired) electrons. The molecule has 0 fully saturated rings. The van der Waals surface area contributed by atoms with E-state index in [2.05, 4.69) is 57.2 Å². The predicted octanol–water partition coefficient (Wildman–Crippen LogP) is 6.62. The first-order chi connectivity index (χ1) is 15.9. The Balaban J connectivity index is 1.93. The maximum Gasteiger partial charge on any atom is 0.200 e. The first kappa shape index (κ1) is 21.4. The molecule has 0 aliphatic carbocycles. The quantitative estimate of drug-likeness (QED) is 0.317. The minimum absolute atomic E-state index is 0.466. The van der Waals surface area contributed by atoms with E-state index in [1.807, 2.05) is 49.4 Å². The Morgan fingerprint density at radius 3 is 2.30 bits per heavy atom. The molecule has 0 aliphatic heterocycles. The van der Waals surface area contributed by atoms with E-state index in [0.717, 1.165) is 33.9 Å². The van der Waals surface area contributed by atoms with Gasteiger partial charge in [0.2, 0.25) is 0 Å². The number of aryl methyl sites for hydroxylation is 3. The predicted molar refractivity (Wildman–Crippen MR) is 132 cm³/mol. The zero-order chi connectivity index (χ0) is 23.1. The molecule has 0 saturated heterocycles. The number of hydrogen-bond acceptors (Lipinski definition) is 4. The number of aromatic nitrogens is 6. The van der Waals surface area contributed by atoms with Crippen LogP contribution in [0, 0.1) is 20.8 Å². The van der Waals surface area contributed by atoms with Crippen LogP contribution in [0.5, 0.6) is 0 Å². The Morgan fingerprint density at radius 2 is 1.58 bits per heavy atom. The van der Waals surface area contributed by atoms with Crippen LogP contribution in [0.1, 0.15) is 16.7 Å². The summed E-state index contributed by atoms with van der Waals surface area (Å²) in [5.41, 5.74) is 7.65. The molecule has 5 aromatic rings. The molecule has 164 valence electrons. The summed E-state index contributed by atoms with van der Waals surface area (Å²) in [6.45, 7) is 6.24. The molecule has 5 rings (SSSR count). The second-order valence-corrected chi connectivity index (χ2v) is 8.83. The van der Waals surface area contributed by atoms with Crippen LogP contribution in [0.25, 0.3) is 39.9 Å². The van der Waals surface area contributed by atoms with Gasteiger partial charge in [-0.15, -0.1) is 5.10 Å². The monoisotopic (exact) mass is 474 g/mol. The fourth-order valence-corrected chi connectivity index (χ4v) is 4.24. The topological polar surface area (TPSA) is 72.3 Å². The van der Waals surface area contributed by atoms with Crippen molar-refractivity contribution >= 4 is 23.2 Å². The zero-order valence-corrected chi connectivity index (χ0v) is 19.8. The van der Waals surface area contributed by atoms with Crippen molar-refractivity contribution in [2.45, 2.75) is 20.8 Å². The number of nitrogens with zero attached hydrogens (tertiary/aromatic N) is 5. The number of halogens is 2. The van der Waals surface area contributed by atoms with Gasteiger partial charge in [0.1, 0.15) is 11.5 Å². The van der Waals surface area contributed by atoms with Crippen LogP contribution in [0.2, 0.25) is 10.0 Å². The fourth-order valence-electron chi connectivity index (χ4n) is 3.88. The molecule has 2 heterocycles. The van der Waals surface area contributed by atoms with Gasteiger partial charge in [-0.25, -0.2) is 10.1 Å². The summed E-state index contributed by atoms with van der Waals surface area (Å²) in [6.07, 6.45) is 0. The van der Waals surface area contributed by atoms with Gasteiger partial charge in [0, 0.05) is 21.2 Å². The lowest BCUT2D eigenvalue weighted by atomic mass is 10.1. The zero-order valence-electron chi connectivity index (χ0n) is 18.3. The lowest BCUT2D eigenvalue weighted by Gasteiger charge is -2.16. The molecule has 6 nitrogen and oxygen atoms in total. The number of imidazole rings is 1. The summed E-state index contributed by atoms with van der Waals surface area (Å²) in [5, 5.41) is 15.8. The van der Waals surface area contributed by atoms with Crippen LogP contribution in [0.4, 0.5) is 0 Å². The van der Waals surface area contributed by atoms with Crippen molar-refractivity contribution in [1.82, 2.24) is 30.2 Å². The number of tetrazole rings is 1. The van der Waals surface area contributed by atoms with Crippen molar-refractivity contribution in [2.24, 2.45) is 0 Å². The van der Waals surface area contributed by atoms with E-state index >= 15 is 0 Å². The number of nitrogens with one attached hydrogen (secondary N) is 1. The first-order valence-corrected chi connectivity index (χ1v) is 11.1. The number of hydrogen-bond donors (Lipinski definition) is 1. The number of H-pyrrole nitrogens is 1. The second kappa shape index (κ2) is 8.46. The van der Waals surface area contributed by atoms with Gasteiger partial charge in [-0.1, -0.05) is 53.5 Å². The molecule has 0 spiro atoms. The summed E-state index contributed by atoms with van der Waals surface area (Å²) < 4.78 is 2.11. The fraction of sp³-hybridized carbons (Fsp3) is 0.120. The van der Waals surface area contributed by atoms with Crippen molar-refractivity contribution in [2.75, 3.05) is 0 Å². The van der Waals surface area contributed by atoms with Gasteiger partial charge in [0.15, 0.2) is 5.82 Å². The number of benzene rings is 3. The van der Waals surface area contributed by atoms with Gasteiger partial charge in [0.05, 0.1) is 11.4 Å². The van der Waals surface area contributed by atoms with Crippen molar-refractivity contribution in [3.63, 3.8) is 0 Å². The van der Waals surface area contributed by atoms with Crippen LogP contribution in [-0.2, 0) is 0 Å².